The molecule has 0 aliphatic heterocycles. The first kappa shape index (κ1) is 16.0. The zero-order valence-corrected chi connectivity index (χ0v) is 14.6. The van der Waals surface area contributed by atoms with Crippen LogP contribution in [0, 0.1) is 6.92 Å². The van der Waals surface area contributed by atoms with E-state index in [1.165, 1.54) is 16.3 Å². The molecule has 6 nitrogen and oxygen atoms in total. The van der Waals surface area contributed by atoms with E-state index in [4.69, 9.17) is 11.6 Å². The summed E-state index contributed by atoms with van der Waals surface area (Å²) in [6.45, 7) is 4.46. The van der Waals surface area contributed by atoms with Gasteiger partial charge in [-0.1, -0.05) is 36.4 Å². The van der Waals surface area contributed by atoms with Gasteiger partial charge in [0.15, 0.2) is 0 Å². The zero-order valence-electron chi connectivity index (χ0n) is 13.1. The maximum atomic E-state index is 12.6. The van der Waals surface area contributed by atoms with Gasteiger partial charge in [-0.05, 0) is 31.2 Å². The Morgan fingerprint density at radius 2 is 2.13 bits per heavy atom. The molecule has 0 aliphatic rings. The summed E-state index contributed by atoms with van der Waals surface area (Å²) >= 11 is 7.26. The first-order valence-electron chi connectivity index (χ1n) is 7.18. The molecule has 0 unspecified atom stereocenters. The van der Waals surface area contributed by atoms with Gasteiger partial charge in [-0.25, -0.2) is 4.98 Å². The maximum absolute atomic E-state index is 12.6. The van der Waals surface area contributed by atoms with E-state index < -0.39 is 0 Å². The number of thioether (sulfide) groups is 1. The van der Waals surface area contributed by atoms with Gasteiger partial charge in [0.25, 0.3) is 5.56 Å². The van der Waals surface area contributed by atoms with Crippen molar-refractivity contribution in [1.82, 2.24) is 24.1 Å². The fourth-order valence-electron chi connectivity index (χ4n) is 2.56. The van der Waals surface area contributed by atoms with Gasteiger partial charge in [0.05, 0.1) is 6.54 Å². The van der Waals surface area contributed by atoms with E-state index in [0.29, 0.717) is 29.1 Å². The van der Waals surface area contributed by atoms with Crippen molar-refractivity contribution in [3.05, 3.63) is 50.7 Å². The van der Waals surface area contributed by atoms with E-state index in [-0.39, 0.29) is 5.56 Å². The Kier molecular flexibility index (Phi) is 4.41. The summed E-state index contributed by atoms with van der Waals surface area (Å²) in [6, 6.07) is 3.67. The predicted molar refractivity (Wildman–Crippen MR) is 91.5 cm³/mol. The fraction of sp³-hybridized carbons (Fsp3) is 0.333. The summed E-state index contributed by atoms with van der Waals surface area (Å²) in [4.78, 5) is 21.2. The van der Waals surface area contributed by atoms with Crippen LogP contribution in [0.1, 0.15) is 23.7 Å². The van der Waals surface area contributed by atoms with Crippen LogP contribution < -0.4 is 5.56 Å². The van der Waals surface area contributed by atoms with Crippen LogP contribution in [-0.4, -0.2) is 30.4 Å². The third kappa shape index (κ3) is 2.86. The molecule has 3 rings (SSSR count). The summed E-state index contributed by atoms with van der Waals surface area (Å²) in [5, 5.41) is 5.33. The van der Waals surface area contributed by atoms with Gasteiger partial charge < -0.3 is 4.57 Å². The standard InChI is InChI=1S/C15H16ClN5OS/c1-4-11-9(2)20(8-10-5-6-12(16)17-7-10)15-18-14(23-3)19-21(15)13(11)22/h5-7H,4,8H2,1-3H3. The smallest absolute Gasteiger partial charge is 0.279 e. The lowest BCUT2D eigenvalue weighted by molar-refractivity contribution is 0.709. The van der Waals surface area contributed by atoms with Gasteiger partial charge in [0.2, 0.25) is 10.9 Å². The number of fused-ring (bicyclic) bond motifs is 1. The first-order valence-corrected chi connectivity index (χ1v) is 8.79. The van der Waals surface area contributed by atoms with Crippen LogP contribution in [0.15, 0.2) is 28.3 Å². The molecule has 0 bridgehead atoms. The van der Waals surface area contributed by atoms with Gasteiger partial charge in [-0.15, -0.1) is 5.10 Å². The molecule has 0 radical (unpaired) electrons. The molecule has 3 aromatic heterocycles. The van der Waals surface area contributed by atoms with E-state index in [1.807, 2.05) is 30.7 Å². The third-order valence-corrected chi connectivity index (χ3v) is 4.53. The highest BCUT2D eigenvalue weighted by molar-refractivity contribution is 7.98. The van der Waals surface area contributed by atoms with Crippen LogP contribution in [0.25, 0.3) is 5.78 Å². The van der Waals surface area contributed by atoms with Crippen LogP contribution in [0.4, 0.5) is 0 Å². The Bertz CT molecular complexity index is 916. The summed E-state index contributed by atoms with van der Waals surface area (Å²) < 4.78 is 3.39. The Morgan fingerprint density at radius 1 is 1.35 bits per heavy atom. The van der Waals surface area contributed by atoms with Crippen LogP contribution in [0.5, 0.6) is 0 Å². The van der Waals surface area contributed by atoms with Gasteiger partial charge in [0.1, 0.15) is 5.15 Å². The van der Waals surface area contributed by atoms with Crippen molar-refractivity contribution in [2.45, 2.75) is 32.0 Å². The highest BCUT2D eigenvalue weighted by atomic mass is 35.5. The second-order valence-electron chi connectivity index (χ2n) is 5.11. The molecule has 0 saturated carbocycles. The van der Waals surface area contributed by atoms with E-state index in [1.54, 1.807) is 12.3 Å². The lowest BCUT2D eigenvalue weighted by Gasteiger charge is -2.14. The highest BCUT2D eigenvalue weighted by Gasteiger charge is 2.17. The number of rotatable bonds is 4. The number of pyridine rings is 1. The average Bonchev–Trinajstić information content (AvgIpc) is 2.98. The lowest BCUT2D eigenvalue weighted by atomic mass is 10.1. The fourth-order valence-corrected chi connectivity index (χ4v) is 3.01. The van der Waals surface area contributed by atoms with Crippen molar-refractivity contribution in [1.29, 1.82) is 0 Å². The number of nitrogens with zero attached hydrogens (tertiary/aromatic N) is 5. The van der Waals surface area contributed by atoms with E-state index in [9.17, 15) is 4.79 Å². The number of aromatic nitrogens is 5. The summed E-state index contributed by atoms with van der Waals surface area (Å²) in [7, 11) is 0. The SMILES string of the molecule is CCc1c(C)n(Cc2ccc(Cl)nc2)c2nc(SC)nn2c1=O. The van der Waals surface area contributed by atoms with E-state index in [2.05, 4.69) is 15.1 Å². The van der Waals surface area contributed by atoms with Crippen molar-refractivity contribution in [2.75, 3.05) is 6.26 Å². The van der Waals surface area contributed by atoms with Crippen molar-refractivity contribution in [3.63, 3.8) is 0 Å². The molecule has 0 spiro atoms. The van der Waals surface area contributed by atoms with Gasteiger partial charge >= 0.3 is 0 Å². The van der Waals surface area contributed by atoms with Crippen LogP contribution in [-0.2, 0) is 13.0 Å². The third-order valence-electron chi connectivity index (χ3n) is 3.77. The molecule has 8 heteroatoms. The summed E-state index contributed by atoms with van der Waals surface area (Å²) in [5.41, 5.74) is 2.54. The molecule has 3 aromatic rings. The largest absolute Gasteiger partial charge is 0.309 e. The molecule has 3 heterocycles. The summed E-state index contributed by atoms with van der Waals surface area (Å²) in [5.74, 6) is 0.545. The highest BCUT2D eigenvalue weighted by Crippen LogP contribution is 2.16. The van der Waals surface area contributed by atoms with Crippen molar-refractivity contribution in [3.8, 4) is 0 Å². The molecule has 120 valence electrons. The van der Waals surface area contributed by atoms with Crippen molar-refractivity contribution < 1.29 is 0 Å². The topological polar surface area (TPSA) is 65.1 Å². The molecule has 0 aromatic carbocycles. The number of halogens is 1. The lowest BCUT2D eigenvalue weighted by Crippen LogP contribution is -2.26. The van der Waals surface area contributed by atoms with Gasteiger partial charge in [-0.2, -0.15) is 9.50 Å². The molecule has 0 saturated heterocycles. The van der Waals surface area contributed by atoms with Crippen LogP contribution in [0.3, 0.4) is 0 Å². The molecule has 0 atom stereocenters. The molecule has 0 N–H and O–H groups in total. The van der Waals surface area contributed by atoms with Crippen molar-refractivity contribution >= 4 is 29.1 Å². The van der Waals surface area contributed by atoms with E-state index in [0.717, 1.165) is 16.8 Å². The van der Waals surface area contributed by atoms with Crippen LogP contribution >= 0.6 is 23.4 Å². The minimum Gasteiger partial charge on any atom is -0.309 e. The second kappa shape index (κ2) is 6.33. The normalized spacial score (nSPS) is 11.3. The monoisotopic (exact) mass is 349 g/mol. The Balaban J connectivity index is 2.23. The van der Waals surface area contributed by atoms with E-state index >= 15 is 0 Å². The van der Waals surface area contributed by atoms with Gasteiger partial charge in [-0.3, -0.25) is 4.79 Å². The quantitative estimate of drug-likeness (QED) is 0.535. The minimum absolute atomic E-state index is 0.0988. The molecule has 0 amide bonds. The average molecular weight is 350 g/mol. The van der Waals surface area contributed by atoms with Crippen LogP contribution in [0.2, 0.25) is 5.15 Å². The molecule has 0 fully saturated rings. The second-order valence-corrected chi connectivity index (χ2v) is 6.27. The molecular formula is C15H16ClN5OS. The number of hydrogen-bond donors (Lipinski definition) is 0. The Hall–Kier alpha value is -1.86. The molecule has 23 heavy (non-hydrogen) atoms. The Labute approximate surface area is 142 Å². The molecular weight excluding hydrogens is 334 g/mol. The maximum Gasteiger partial charge on any atom is 0.279 e. The number of hydrogen-bond acceptors (Lipinski definition) is 5. The first-order chi connectivity index (χ1) is 11.0. The predicted octanol–water partition coefficient (Wildman–Crippen LogP) is 2.58. The Morgan fingerprint density at radius 3 is 2.74 bits per heavy atom. The van der Waals surface area contributed by atoms with Gasteiger partial charge in [0, 0.05) is 17.5 Å². The van der Waals surface area contributed by atoms with Crippen molar-refractivity contribution in [2.24, 2.45) is 0 Å². The molecule has 0 aliphatic carbocycles. The zero-order chi connectivity index (χ0) is 16.6. The minimum atomic E-state index is -0.0988. The summed E-state index contributed by atoms with van der Waals surface area (Å²) in [6.07, 6.45) is 4.27.